The van der Waals surface area contributed by atoms with E-state index < -0.39 is 22.5 Å². The molecule has 3 aromatic rings. The van der Waals surface area contributed by atoms with Gasteiger partial charge in [0, 0.05) is 17.2 Å². The van der Waals surface area contributed by atoms with Gasteiger partial charge in [-0.3, -0.25) is 14.0 Å². The Balaban J connectivity index is 1.57. The van der Waals surface area contributed by atoms with Crippen LogP contribution in [0.3, 0.4) is 0 Å². The largest absolute Gasteiger partial charge is 0.458 e. The Labute approximate surface area is 167 Å². The number of carbonyl (C=O) groups is 1. The van der Waals surface area contributed by atoms with Crippen molar-refractivity contribution in [2.45, 2.75) is 13.5 Å². The van der Waals surface area contributed by atoms with Crippen LogP contribution in [-0.4, -0.2) is 30.3 Å². The minimum Gasteiger partial charge on any atom is -0.458 e. The first-order valence-corrected chi connectivity index (χ1v) is 10.3. The molecule has 9 heteroatoms. The molecule has 1 aromatic carbocycles. The molecule has 1 N–H and O–H groups in total. The third-order valence-corrected chi connectivity index (χ3v) is 5.01. The van der Waals surface area contributed by atoms with Gasteiger partial charge in [-0.15, -0.1) is 0 Å². The molecule has 29 heavy (non-hydrogen) atoms. The fraction of sp³-hybridized carbons (Fsp3) is 0.150. The Bertz CT molecular complexity index is 1220. The van der Waals surface area contributed by atoms with E-state index in [4.69, 9.17) is 4.74 Å². The van der Waals surface area contributed by atoms with Crippen molar-refractivity contribution < 1.29 is 17.9 Å². The van der Waals surface area contributed by atoms with Crippen molar-refractivity contribution in [3.63, 3.8) is 0 Å². The zero-order chi connectivity index (χ0) is 20.9. The number of ether oxygens (including phenoxy) is 1. The highest BCUT2D eigenvalue weighted by Gasteiger charge is 2.11. The zero-order valence-corrected chi connectivity index (χ0v) is 16.4. The molecule has 0 aliphatic heterocycles. The Morgan fingerprint density at radius 1 is 1.17 bits per heavy atom. The van der Waals surface area contributed by atoms with Crippen molar-refractivity contribution in [1.82, 2.24) is 14.1 Å². The van der Waals surface area contributed by atoms with Gasteiger partial charge in [-0.05, 0) is 30.7 Å². The fourth-order valence-electron chi connectivity index (χ4n) is 2.58. The second-order valence-corrected chi connectivity index (χ2v) is 7.84. The van der Waals surface area contributed by atoms with Gasteiger partial charge in [0.05, 0.1) is 5.69 Å². The van der Waals surface area contributed by atoms with Crippen molar-refractivity contribution >= 4 is 27.7 Å². The smallest absolute Gasteiger partial charge is 0.321 e. The number of nitrogens with one attached hydrogen (secondary N) is 1. The first-order chi connectivity index (χ1) is 13.8. The number of sulfonamides is 1. The molecule has 150 valence electrons. The maximum Gasteiger partial charge on any atom is 0.321 e. The lowest BCUT2D eigenvalue weighted by Gasteiger charge is -2.08. The Kier molecular flexibility index (Phi) is 6.20. The normalized spacial score (nSPS) is 11.8. The number of fused-ring (bicyclic) bond motifs is 1. The SMILES string of the molecule is Cc1cccc2nc(COC(=O)CNS(=O)(=O)/C=C/c3ccccc3)cc(=O)n12. The minimum atomic E-state index is -3.80. The molecular weight excluding hydrogens is 394 g/mol. The molecule has 8 nitrogen and oxygen atoms in total. The van der Waals surface area contributed by atoms with Crippen molar-refractivity contribution in [2.75, 3.05) is 6.54 Å². The van der Waals surface area contributed by atoms with Crippen LogP contribution in [-0.2, 0) is 26.2 Å². The average Bonchev–Trinajstić information content (AvgIpc) is 2.70. The predicted octanol–water partition coefficient (Wildman–Crippen LogP) is 1.64. The second-order valence-electron chi connectivity index (χ2n) is 6.19. The molecule has 0 aliphatic carbocycles. The van der Waals surface area contributed by atoms with E-state index in [1.807, 2.05) is 6.07 Å². The summed E-state index contributed by atoms with van der Waals surface area (Å²) in [5.74, 6) is -0.784. The molecule has 2 aromatic heterocycles. The number of nitrogens with zero attached hydrogens (tertiary/aromatic N) is 2. The summed E-state index contributed by atoms with van der Waals surface area (Å²) in [6.45, 7) is 1.02. The highest BCUT2D eigenvalue weighted by molar-refractivity contribution is 7.92. The van der Waals surface area contributed by atoms with Gasteiger partial charge in [0.1, 0.15) is 18.8 Å². The standard InChI is InChI=1S/C20H19N3O5S/c1-15-6-5-9-18-22-17(12-19(24)23(15)18)14-28-20(25)13-21-29(26,27)11-10-16-7-3-2-4-8-16/h2-12,21H,13-14H2,1H3/b11-10+. The van der Waals surface area contributed by atoms with Gasteiger partial charge in [-0.25, -0.2) is 18.1 Å². The Hall–Kier alpha value is -3.30. The number of pyridine rings is 1. The Morgan fingerprint density at radius 2 is 1.93 bits per heavy atom. The van der Waals surface area contributed by atoms with E-state index in [9.17, 15) is 18.0 Å². The maximum absolute atomic E-state index is 12.2. The van der Waals surface area contributed by atoms with Crippen molar-refractivity contribution in [1.29, 1.82) is 0 Å². The van der Waals surface area contributed by atoms with Crippen LogP contribution in [0.25, 0.3) is 11.7 Å². The highest BCUT2D eigenvalue weighted by Crippen LogP contribution is 2.05. The number of hydrogen-bond acceptors (Lipinski definition) is 6. The lowest BCUT2D eigenvalue weighted by atomic mass is 10.2. The number of benzene rings is 1. The Morgan fingerprint density at radius 3 is 2.69 bits per heavy atom. The molecule has 0 unspecified atom stereocenters. The van der Waals surface area contributed by atoms with E-state index in [1.54, 1.807) is 49.4 Å². The summed E-state index contributed by atoms with van der Waals surface area (Å²) < 4.78 is 32.5. The van der Waals surface area contributed by atoms with E-state index in [0.717, 1.165) is 11.1 Å². The molecule has 2 heterocycles. The van der Waals surface area contributed by atoms with Gasteiger partial charge in [-0.1, -0.05) is 36.4 Å². The molecule has 0 bridgehead atoms. The number of aryl methyl sites for hydroxylation is 1. The monoisotopic (exact) mass is 413 g/mol. The summed E-state index contributed by atoms with van der Waals surface area (Å²) in [5, 5.41) is 0.976. The lowest BCUT2D eigenvalue weighted by Crippen LogP contribution is -2.29. The summed E-state index contributed by atoms with van der Waals surface area (Å²) in [6, 6.07) is 15.4. The molecule has 0 fully saturated rings. The zero-order valence-electron chi connectivity index (χ0n) is 15.6. The predicted molar refractivity (Wildman–Crippen MR) is 108 cm³/mol. The number of hydrogen-bond donors (Lipinski definition) is 1. The van der Waals surface area contributed by atoms with Gasteiger partial charge in [0.15, 0.2) is 0 Å². The molecule has 0 aliphatic rings. The van der Waals surface area contributed by atoms with E-state index in [1.165, 1.54) is 16.5 Å². The number of rotatable bonds is 7. The summed E-state index contributed by atoms with van der Waals surface area (Å²) in [4.78, 5) is 28.3. The summed E-state index contributed by atoms with van der Waals surface area (Å²) in [6.07, 6.45) is 1.42. The first-order valence-electron chi connectivity index (χ1n) is 8.71. The van der Waals surface area contributed by atoms with Crippen molar-refractivity contribution in [2.24, 2.45) is 0 Å². The average molecular weight is 413 g/mol. The van der Waals surface area contributed by atoms with E-state index in [0.29, 0.717) is 11.2 Å². The summed E-state index contributed by atoms with van der Waals surface area (Å²) in [5.41, 5.74) is 1.88. The number of carbonyl (C=O) groups excluding carboxylic acids is 1. The van der Waals surface area contributed by atoms with Gasteiger partial charge in [-0.2, -0.15) is 0 Å². The van der Waals surface area contributed by atoms with E-state index in [-0.39, 0.29) is 17.9 Å². The van der Waals surface area contributed by atoms with Gasteiger partial charge in [0.2, 0.25) is 10.0 Å². The van der Waals surface area contributed by atoms with Crippen LogP contribution in [0.2, 0.25) is 0 Å². The van der Waals surface area contributed by atoms with Crippen LogP contribution in [0.5, 0.6) is 0 Å². The lowest BCUT2D eigenvalue weighted by molar-refractivity contribution is -0.143. The van der Waals surface area contributed by atoms with Gasteiger partial charge in [0.25, 0.3) is 5.56 Å². The topological polar surface area (TPSA) is 107 Å². The van der Waals surface area contributed by atoms with Crippen LogP contribution in [0.4, 0.5) is 0 Å². The fourth-order valence-corrected chi connectivity index (χ4v) is 3.33. The second kappa shape index (κ2) is 8.80. The third-order valence-electron chi connectivity index (χ3n) is 3.97. The molecule has 0 radical (unpaired) electrons. The summed E-state index contributed by atoms with van der Waals surface area (Å²) >= 11 is 0. The third kappa shape index (κ3) is 5.59. The number of aromatic nitrogens is 2. The minimum absolute atomic E-state index is 0.236. The summed E-state index contributed by atoms with van der Waals surface area (Å²) in [7, 11) is -3.80. The molecule has 3 rings (SSSR count). The molecule has 0 saturated heterocycles. The van der Waals surface area contributed by atoms with Crippen LogP contribution in [0.1, 0.15) is 17.0 Å². The van der Waals surface area contributed by atoms with E-state index >= 15 is 0 Å². The first kappa shape index (κ1) is 20.4. The molecular formula is C20H19N3O5S. The highest BCUT2D eigenvalue weighted by atomic mass is 32.2. The van der Waals surface area contributed by atoms with Gasteiger partial charge < -0.3 is 4.74 Å². The molecule has 0 amide bonds. The van der Waals surface area contributed by atoms with Crippen LogP contribution < -0.4 is 10.3 Å². The quantitative estimate of drug-likeness (QED) is 0.590. The number of esters is 1. The van der Waals surface area contributed by atoms with Crippen molar-refractivity contribution in [3.05, 3.63) is 87.3 Å². The van der Waals surface area contributed by atoms with E-state index in [2.05, 4.69) is 9.71 Å². The van der Waals surface area contributed by atoms with Gasteiger partial charge >= 0.3 is 5.97 Å². The maximum atomic E-state index is 12.2. The van der Waals surface area contributed by atoms with Crippen LogP contribution in [0, 0.1) is 6.92 Å². The molecule has 0 saturated carbocycles. The van der Waals surface area contributed by atoms with Crippen LogP contribution >= 0.6 is 0 Å². The molecule has 0 atom stereocenters. The molecule has 0 spiro atoms. The van der Waals surface area contributed by atoms with Crippen molar-refractivity contribution in [3.8, 4) is 0 Å². The van der Waals surface area contributed by atoms with Crippen LogP contribution in [0.15, 0.2) is 64.8 Å².